The zero-order valence-corrected chi connectivity index (χ0v) is 5.87. The maximum Gasteiger partial charge on any atom is 0.288 e. The first-order valence-electron chi connectivity index (χ1n) is 3.46. The minimum absolute atomic E-state index is 0.151. The van der Waals surface area contributed by atoms with E-state index in [-0.39, 0.29) is 11.9 Å². The summed E-state index contributed by atoms with van der Waals surface area (Å²) in [5, 5.41) is 18.2. The molecule has 1 aliphatic carbocycles. The summed E-state index contributed by atoms with van der Waals surface area (Å²) in [7, 11) is 0. The summed E-state index contributed by atoms with van der Waals surface area (Å²) in [5.74, 6) is -0.302. The van der Waals surface area contributed by atoms with Crippen molar-refractivity contribution >= 4 is 0 Å². The van der Waals surface area contributed by atoms with Crippen molar-refractivity contribution in [2.24, 2.45) is 0 Å². The number of fused-ring (bicyclic) bond motifs is 1. The van der Waals surface area contributed by atoms with Crippen molar-refractivity contribution in [3.63, 3.8) is 0 Å². The standard InChI is InChI=1S/C8H8O3/c9-7-5-3-1-2-4-6(5)8(10)11-7/h1-2,9-10H,3-4H2. The summed E-state index contributed by atoms with van der Waals surface area (Å²) in [6, 6.07) is 0. The Balaban J connectivity index is 2.57. The Morgan fingerprint density at radius 2 is 1.45 bits per heavy atom. The minimum Gasteiger partial charge on any atom is -0.480 e. The molecular formula is C8H8O3. The van der Waals surface area contributed by atoms with E-state index in [1.54, 1.807) is 0 Å². The minimum atomic E-state index is -0.151. The van der Waals surface area contributed by atoms with Gasteiger partial charge in [0.25, 0.3) is 11.9 Å². The van der Waals surface area contributed by atoms with Gasteiger partial charge in [-0.05, 0) is 12.8 Å². The lowest BCUT2D eigenvalue weighted by molar-refractivity contribution is 0.262. The first-order valence-corrected chi connectivity index (χ1v) is 3.46. The maximum atomic E-state index is 9.12. The predicted molar refractivity (Wildman–Crippen MR) is 38.6 cm³/mol. The van der Waals surface area contributed by atoms with Crippen LogP contribution in [0.4, 0.5) is 0 Å². The number of hydrogen-bond donors (Lipinski definition) is 2. The van der Waals surface area contributed by atoms with E-state index in [0.29, 0.717) is 24.0 Å². The lowest BCUT2D eigenvalue weighted by Gasteiger charge is -2.01. The van der Waals surface area contributed by atoms with Gasteiger partial charge in [0.15, 0.2) is 0 Å². The van der Waals surface area contributed by atoms with E-state index in [4.69, 9.17) is 10.2 Å². The van der Waals surface area contributed by atoms with Crippen LogP contribution in [0.1, 0.15) is 11.1 Å². The molecule has 0 fully saturated rings. The zero-order chi connectivity index (χ0) is 7.84. The highest BCUT2D eigenvalue weighted by Gasteiger charge is 2.19. The van der Waals surface area contributed by atoms with Gasteiger partial charge in [-0.1, -0.05) is 12.2 Å². The third kappa shape index (κ3) is 0.808. The molecule has 58 valence electrons. The summed E-state index contributed by atoms with van der Waals surface area (Å²) < 4.78 is 4.64. The Bertz CT molecular complexity index is 281. The number of hydrogen-bond acceptors (Lipinski definition) is 3. The zero-order valence-electron chi connectivity index (χ0n) is 5.87. The van der Waals surface area contributed by atoms with E-state index in [1.165, 1.54) is 0 Å². The van der Waals surface area contributed by atoms with Crippen LogP contribution >= 0.6 is 0 Å². The molecule has 0 spiro atoms. The number of allylic oxidation sites excluding steroid dienone is 2. The lowest BCUT2D eigenvalue weighted by Crippen LogP contribution is -1.92. The lowest BCUT2D eigenvalue weighted by atomic mass is 10.0. The van der Waals surface area contributed by atoms with Crippen molar-refractivity contribution in [1.82, 2.24) is 0 Å². The fourth-order valence-electron chi connectivity index (χ4n) is 1.30. The van der Waals surface area contributed by atoms with Crippen LogP contribution in [0.25, 0.3) is 0 Å². The van der Waals surface area contributed by atoms with Crippen molar-refractivity contribution in [3.05, 3.63) is 23.3 Å². The largest absolute Gasteiger partial charge is 0.480 e. The van der Waals surface area contributed by atoms with Gasteiger partial charge in [0.2, 0.25) is 0 Å². The van der Waals surface area contributed by atoms with Crippen LogP contribution < -0.4 is 0 Å². The smallest absolute Gasteiger partial charge is 0.288 e. The molecule has 1 heterocycles. The van der Waals surface area contributed by atoms with Crippen molar-refractivity contribution in [1.29, 1.82) is 0 Å². The molecule has 2 rings (SSSR count). The van der Waals surface area contributed by atoms with E-state index in [2.05, 4.69) is 4.42 Å². The highest BCUT2D eigenvalue weighted by atomic mass is 16.5. The Kier molecular flexibility index (Phi) is 1.18. The second-order valence-corrected chi connectivity index (χ2v) is 2.55. The maximum absolute atomic E-state index is 9.12. The van der Waals surface area contributed by atoms with Gasteiger partial charge in [0.05, 0.1) is 0 Å². The Morgan fingerprint density at radius 3 is 1.91 bits per heavy atom. The molecule has 0 saturated heterocycles. The molecule has 0 unspecified atom stereocenters. The second-order valence-electron chi connectivity index (χ2n) is 2.55. The van der Waals surface area contributed by atoms with Crippen LogP contribution in [-0.2, 0) is 12.8 Å². The summed E-state index contributed by atoms with van der Waals surface area (Å²) in [6.07, 6.45) is 5.17. The molecule has 0 amide bonds. The molecule has 0 bridgehead atoms. The quantitative estimate of drug-likeness (QED) is 0.551. The van der Waals surface area contributed by atoms with E-state index < -0.39 is 0 Å². The third-order valence-electron chi connectivity index (χ3n) is 1.88. The van der Waals surface area contributed by atoms with Crippen molar-refractivity contribution in [2.75, 3.05) is 0 Å². The van der Waals surface area contributed by atoms with Gasteiger partial charge in [-0.25, -0.2) is 0 Å². The van der Waals surface area contributed by atoms with E-state index in [1.807, 2.05) is 12.2 Å². The second kappa shape index (κ2) is 2.05. The summed E-state index contributed by atoms with van der Waals surface area (Å²) in [6.45, 7) is 0. The van der Waals surface area contributed by atoms with E-state index in [0.717, 1.165) is 0 Å². The Morgan fingerprint density at radius 1 is 1.00 bits per heavy atom. The topological polar surface area (TPSA) is 53.6 Å². The molecule has 0 atom stereocenters. The first kappa shape index (κ1) is 6.34. The molecule has 0 aliphatic heterocycles. The van der Waals surface area contributed by atoms with Crippen LogP contribution in [-0.4, -0.2) is 10.2 Å². The highest BCUT2D eigenvalue weighted by Crippen LogP contribution is 2.35. The Labute approximate surface area is 63.6 Å². The van der Waals surface area contributed by atoms with Gasteiger partial charge in [0.1, 0.15) is 0 Å². The molecule has 3 heteroatoms. The number of aromatic hydroxyl groups is 2. The molecule has 0 saturated carbocycles. The third-order valence-corrected chi connectivity index (χ3v) is 1.88. The molecule has 1 aliphatic rings. The molecule has 2 N–H and O–H groups in total. The molecule has 11 heavy (non-hydrogen) atoms. The van der Waals surface area contributed by atoms with Gasteiger partial charge in [-0.2, -0.15) is 0 Å². The predicted octanol–water partition coefficient (Wildman–Crippen LogP) is 1.35. The van der Waals surface area contributed by atoms with Crippen LogP contribution in [0.5, 0.6) is 11.9 Å². The van der Waals surface area contributed by atoms with Crippen molar-refractivity contribution in [3.8, 4) is 11.9 Å². The van der Waals surface area contributed by atoms with Crippen molar-refractivity contribution in [2.45, 2.75) is 12.8 Å². The molecular weight excluding hydrogens is 144 g/mol. The van der Waals surface area contributed by atoms with E-state index >= 15 is 0 Å². The summed E-state index contributed by atoms with van der Waals surface area (Å²) in [5.41, 5.74) is 1.43. The average Bonchev–Trinajstić information content (AvgIpc) is 2.30. The highest BCUT2D eigenvalue weighted by molar-refractivity contribution is 5.44. The van der Waals surface area contributed by atoms with E-state index in [9.17, 15) is 0 Å². The van der Waals surface area contributed by atoms with Crippen LogP contribution in [0.2, 0.25) is 0 Å². The van der Waals surface area contributed by atoms with Gasteiger partial charge in [-0.15, -0.1) is 0 Å². The number of rotatable bonds is 0. The van der Waals surface area contributed by atoms with Gasteiger partial charge in [0, 0.05) is 11.1 Å². The molecule has 0 aromatic carbocycles. The van der Waals surface area contributed by atoms with Gasteiger partial charge in [-0.3, -0.25) is 0 Å². The van der Waals surface area contributed by atoms with Crippen molar-refractivity contribution < 1.29 is 14.6 Å². The van der Waals surface area contributed by atoms with Crippen LogP contribution in [0.3, 0.4) is 0 Å². The van der Waals surface area contributed by atoms with Gasteiger partial charge >= 0.3 is 0 Å². The molecule has 1 aromatic rings. The SMILES string of the molecule is Oc1oc(O)c2c1CC=CC2. The fourth-order valence-corrected chi connectivity index (χ4v) is 1.30. The first-order chi connectivity index (χ1) is 5.29. The fraction of sp³-hybridized carbons (Fsp3) is 0.250. The Hall–Kier alpha value is -1.38. The van der Waals surface area contributed by atoms with Crippen LogP contribution in [0, 0.1) is 0 Å². The molecule has 1 aromatic heterocycles. The van der Waals surface area contributed by atoms with Gasteiger partial charge < -0.3 is 14.6 Å². The summed E-state index contributed by atoms with van der Waals surface area (Å²) in [4.78, 5) is 0. The normalized spacial score (nSPS) is 14.9. The monoisotopic (exact) mass is 152 g/mol. The number of furan rings is 1. The summed E-state index contributed by atoms with van der Waals surface area (Å²) >= 11 is 0. The average molecular weight is 152 g/mol. The molecule has 0 radical (unpaired) electrons. The van der Waals surface area contributed by atoms with Crippen LogP contribution in [0.15, 0.2) is 16.6 Å². The molecule has 3 nitrogen and oxygen atoms in total.